The maximum atomic E-state index is 6.09. The van der Waals surface area contributed by atoms with Gasteiger partial charge in [0.25, 0.3) is 0 Å². The molecule has 20 heavy (non-hydrogen) atoms. The Labute approximate surface area is 136 Å². The van der Waals surface area contributed by atoms with Gasteiger partial charge >= 0.3 is 0 Å². The van der Waals surface area contributed by atoms with Gasteiger partial charge in [0.05, 0.1) is 22.2 Å². The molecular weight excluding hydrogens is 390 g/mol. The van der Waals surface area contributed by atoms with E-state index in [9.17, 15) is 0 Å². The Morgan fingerprint density at radius 2 is 1.95 bits per heavy atom. The zero-order chi connectivity index (χ0) is 14.5. The predicted octanol–water partition coefficient (Wildman–Crippen LogP) is 2.98. The van der Waals surface area contributed by atoms with Crippen molar-refractivity contribution in [3.63, 3.8) is 0 Å². The maximum absolute atomic E-state index is 6.09. The minimum atomic E-state index is 0.0501. The van der Waals surface area contributed by atoms with Gasteiger partial charge in [-0.15, -0.1) is 0 Å². The van der Waals surface area contributed by atoms with Crippen LogP contribution in [0.5, 0.6) is 5.75 Å². The Bertz CT molecular complexity index is 424. The van der Waals surface area contributed by atoms with Crippen LogP contribution < -0.4 is 10.1 Å². The van der Waals surface area contributed by atoms with Crippen LogP contribution in [-0.4, -0.2) is 45.6 Å². The monoisotopic (exact) mass is 407 g/mol. The summed E-state index contributed by atoms with van der Waals surface area (Å²) in [6.45, 7) is 1.18. The summed E-state index contributed by atoms with van der Waals surface area (Å²) in [4.78, 5) is 0. The van der Waals surface area contributed by atoms with Gasteiger partial charge < -0.3 is 19.5 Å². The fourth-order valence-electron chi connectivity index (χ4n) is 2.22. The average Bonchev–Trinajstić information content (AvgIpc) is 2.41. The van der Waals surface area contributed by atoms with Crippen molar-refractivity contribution < 1.29 is 14.2 Å². The SMILES string of the molecule is CNC1CC(Oc2c(Br)cccc2Br)C1OCCOC. The van der Waals surface area contributed by atoms with Gasteiger partial charge in [-0.1, -0.05) is 6.07 Å². The minimum Gasteiger partial charge on any atom is -0.485 e. The molecule has 0 amide bonds. The molecule has 0 aromatic heterocycles. The molecule has 1 aromatic carbocycles. The zero-order valence-corrected chi connectivity index (χ0v) is 14.7. The molecule has 1 fully saturated rings. The first-order valence-electron chi connectivity index (χ1n) is 6.55. The predicted molar refractivity (Wildman–Crippen MR) is 85.3 cm³/mol. The van der Waals surface area contributed by atoms with Crippen LogP contribution in [0.15, 0.2) is 27.1 Å². The van der Waals surface area contributed by atoms with Crippen LogP contribution in [0.25, 0.3) is 0 Å². The zero-order valence-electron chi connectivity index (χ0n) is 11.6. The quantitative estimate of drug-likeness (QED) is 0.704. The third-order valence-corrected chi connectivity index (χ3v) is 4.65. The largest absolute Gasteiger partial charge is 0.485 e. The minimum absolute atomic E-state index is 0.0501. The molecule has 3 atom stereocenters. The Kier molecular flexibility index (Phi) is 6.29. The second-order valence-electron chi connectivity index (χ2n) is 4.67. The molecule has 1 N–H and O–H groups in total. The van der Waals surface area contributed by atoms with Crippen LogP contribution in [0.3, 0.4) is 0 Å². The number of hydrogen-bond acceptors (Lipinski definition) is 4. The molecule has 0 bridgehead atoms. The van der Waals surface area contributed by atoms with E-state index in [-0.39, 0.29) is 12.2 Å². The van der Waals surface area contributed by atoms with Crippen molar-refractivity contribution in [1.29, 1.82) is 0 Å². The fraction of sp³-hybridized carbons (Fsp3) is 0.571. The summed E-state index contributed by atoms with van der Waals surface area (Å²) in [6.07, 6.45) is 1.04. The highest BCUT2D eigenvalue weighted by molar-refractivity contribution is 9.11. The highest BCUT2D eigenvalue weighted by atomic mass is 79.9. The average molecular weight is 409 g/mol. The summed E-state index contributed by atoms with van der Waals surface area (Å²) in [5.74, 6) is 0.826. The van der Waals surface area contributed by atoms with Crippen LogP contribution in [0.2, 0.25) is 0 Å². The lowest BCUT2D eigenvalue weighted by molar-refractivity contribution is -0.114. The van der Waals surface area contributed by atoms with Crippen molar-refractivity contribution in [1.82, 2.24) is 5.32 Å². The van der Waals surface area contributed by atoms with Crippen molar-refractivity contribution in [2.24, 2.45) is 0 Å². The number of methoxy groups -OCH3 is 1. The normalized spacial score (nSPS) is 25.3. The number of para-hydroxylation sites is 1. The Hall–Kier alpha value is -0.140. The van der Waals surface area contributed by atoms with Crippen molar-refractivity contribution in [3.8, 4) is 5.75 Å². The number of nitrogens with one attached hydrogen (secondary N) is 1. The molecular formula is C14H19Br2NO3. The van der Waals surface area contributed by atoms with Crippen LogP contribution >= 0.6 is 31.9 Å². The van der Waals surface area contributed by atoms with Gasteiger partial charge in [-0.2, -0.15) is 0 Å². The first kappa shape index (κ1) is 16.2. The van der Waals surface area contributed by atoms with Gasteiger partial charge in [-0.3, -0.25) is 0 Å². The Morgan fingerprint density at radius 3 is 2.55 bits per heavy atom. The lowest BCUT2D eigenvalue weighted by Gasteiger charge is -2.43. The molecule has 6 heteroatoms. The van der Waals surface area contributed by atoms with E-state index in [1.54, 1.807) is 7.11 Å². The van der Waals surface area contributed by atoms with E-state index in [0.29, 0.717) is 19.3 Å². The number of likely N-dealkylation sites (N-methyl/N-ethyl adjacent to an activating group) is 1. The standard InChI is InChI=1S/C14H19Br2NO3/c1-17-11-8-12(14(11)19-7-6-18-2)20-13-9(15)4-3-5-10(13)16/h3-5,11-12,14,17H,6-8H2,1-2H3. The van der Waals surface area contributed by atoms with E-state index >= 15 is 0 Å². The van der Waals surface area contributed by atoms with Crippen LogP contribution in [-0.2, 0) is 9.47 Å². The van der Waals surface area contributed by atoms with Crippen molar-refractivity contribution in [3.05, 3.63) is 27.1 Å². The van der Waals surface area contributed by atoms with Gasteiger partial charge in [0, 0.05) is 19.6 Å². The number of ether oxygens (including phenoxy) is 3. The first-order valence-corrected chi connectivity index (χ1v) is 8.14. The van der Waals surface area contributed by atoms with Gasteiger partial charge in [-0.25, -0.2) is 0 Å². The second kappa shape index (κ2) is 7.75. The molecule has 4 nitrogen and oxygen atoms in total. The molecule has 0 radical (unpaired) electrons. The van der Waals surface area contributed by atoms with Crippen LogP contribution in [0.1, 0.15) is 6.42 Å². The molecule has 3 unspecified atom stereocenters. The number of benzene rings is 1. The molecule has 112 valence electrons. The lowest BCUT2D eigenvalue weighted by Crippen LogP contribution is -2.60. The van der Waals surface area contributed by atoms with Gasteiger partial charge in [0.2, 0.25) is 0 Å². The summed E-state index contributed by atoms with van der Waals surface area (Å²) < 4.78 is 18.8. The fourth-order valence-corrected chi connectivity index (χ4v) is 3.40. The van der Waals surface area contributed by atoms with Gasteiger partial charge in [-0.05, 0) is 51.0 Å². The lowest BCUT2D eigenvalue weighted by atomic mass is 9.85. The number of hydrogen-bond donors (Lipinski definition) is 1. The van der Waals surface area contributed by atoms with E-state index < -0.39 is 0 Å². The number of halogens is 2. The van der Waals surface area contributed by atoms with Crippen LogP contribution in [0, 0.1) is 0 Å². The summed E-state index contributed by atoms with van der Waals surface area (Å²) >= 11 is 7.03. The van der Waals surface area contributed by atoms with E-state index in [2.05, 4.69) is 37.2 Å². The molecule has 0 spiro atoms. The van der Waals surface area contributed by atoms with E-state index in [4.69, 9.17) is 14.2 Å². The van der Waals surface area contributed by atoms with Crippen LogP contribution in [0.4, 0.5) is 0 Å². The second-order valence-corrected chi connectivity index (χ2v) is 6.37. The van der Waals surface area contributed by atoms with Gasteiger partial charge in [0.1, 0.15) is 18.0 Å². The highest BCUT2D eigenvalue weighted by Gasteiger charge is 2.43. The van der Waals surface area contributed by atoms with E-state index in [0.717, 1.165) is 21.1 Å². The summed E-state index contributed by atoms with van der Waals surface area (Å²) in [7, 11) is 3.62. The molecule has 0 aliphatic heterocycles. The Balaban J connectivity index is 1.98. The molecule has 1 aliphatic rings. The van der Waals surface area contributed by atoms with Crippen molar-refractivity contribution in [2.45, 2.75) is 24.7 Å². The molecule has 2 rings (SSSR count). The van der Waals surface area contributed by atoms with E-state index in [1.165, 1.54) is 0 Å². The first-order chi connectivity index (χ1) is 9.67. The summed E-state index contributed by atoms with van der Waals surface area (Å²) in [5.41, 5.74) is 0. The Morgan fingerprint density at radius 1 is 1.25 bits per heavy atom. The molecule has 1 aromatic rings. The van der Waals surface area contributed by atoms with Gasteiger partial charge in [0.15, 0.2) is 0 Å². The summed E-state index contributed by atoms with van der Waals surface area (Å²) in [5, 5.41) is 3.25. The van der Waals surface area contributed by atoms with Crippen molar-refractivity contribution in [2.75, 3.05) is 27.4 Å². The molecule has 1 aliphatic carbocycles. The topological polar surface area (TPSA) is 39.7 Å². The highest BCUT2D eigenvalue weighted by Crippen LogP contribution is 2.37. The summed E-state index contributed by atoms with van der Waals surface area (Å²) in [6, 6.07) is 6.23. The molecule has 1 saturated carbocycles. The van der Waals surface area contributed by atoms with E-state index in [1.807, 2.05) is 25.2 Å². The maximum Gasteiger partial charge on any atom is 0.148 e. The third kappa shape index (κ3) is 3.74. The van der Waals surface area contributed by atoms with Crippen molar-refractivity contribution >= 4 is 31.9 Å². The number of rotatable bonds is 7. The molecule has 0 heterocycles. The third-order valence-electron chi connectivity index (χ3n) is 3.41. The molecule has 0 saturated heterocycles. The smallest absolute Gasteiger partial charge is 0.148 e.